The maximum absolute atomic E-state index is 10.1. The van der Waals surface area contributed by atoms with Crippen LogP contribution in [0.25, 0.3) is 0 Å². The van der Waals surface area contributed by atoms with Crippen LogP contribution in [0.4, 0.5) is 0 Å². The van der Waals surface area contributed by atoms with E-state index >= 15 is 0 Å². The van der Waals surface area contributed by atoms with Gasteiger partial charge in [-0.2, -0.15) is 0 Å². The number of ether oxygens (including phenoxy) is 1. The van der Waals surface area contributed by atoms with E-state index in [1.54, 1.807) is 0 Å². The van der Waals surface area contributed by atoms with Crippen molar-refractivity contribution in [1.29, 1.82) is 0 Å². The lowest BCUT2D eigenvalue weighted by Gasteiger charge is -2.31. The number of aliphatic hydroxyl groups excluding tert-OH is 1. The highest BCUT2D eigenvalue weighted by Gasteiger charge is 2.25. The molecule has 0 aromatic heterocycles. The second-order valence-corrected chi connectivity index (χ2v) is 7.11. The van der Waals surface area contributed by atoms with Gasteiger partial charge in [-0.05, 0) is 47.8 Å². The van der Waals surface area contributed by atoms with Gasteiger partial charge in [-0.15, -0.1) is 12.4 Å². The number of benzene rings is 1. The van der Waals surface area contributed by atoms with Crippen LogP contribution in [0.2, 0.25) is 0 Å². The maximum atomic E-state index is 10.1. The van der Waals surface area contributed by atoms with Crippen molar-refractivity contribution in [2.45, 2.75) is 57.1 Å². The second-order valence-electron chi connectivity index (χ2n) is 6.25. The molecule has 0 heterocycles. The Kier molecular flexibility index (Phi) is 8.77. The Morgan fingerprint density at radius 3 is 2.50 bits per heavy atom. The van der Waals surface area contributed by atoms with Crippen molar-refractivity contribution in [2.75, 3.05) is 13.2 Å². The first kappa shape index (κ1) is 19.8. The van der Waals surface area contributed by atoms with Gasteiger partial charge >= 0.3 is 0 Å². The smallest absolute Gasteiger partial charge is 0.133 e. The highest BCUT2D eigenvalue weighted by atomic mass is 79.9. The van der Waals surface area contributed by atoms with Gasteiger partial charge in [-0.3, -0.25) is 0 Å². The fraction of sp³-hybridized carbons (Fsp3) is 0.647. The van der Waals surface area contributed by atoms with Crippen LogP contribution in [-0.2, 0) is 0 Å². The minimum absolute atomic E-state index is 0. The normalized spacial score (nSPS) is 18.9. The molecule has 1 atom stereocenters. The first-order chi connectivity index (χ1) is 10.1. The number of hydrogen-bond donors (Lipinski definition) is 2. The zero-order chi connectivity index (χ0) is 15.1. The van der Waals surface area contributed by atoms with Gasteiger partial charge in [0.15, 0.2) is 0 Å². The molecule has 0 radical (unpaired) electrons. The third kappa shape index (κ3) is 6.45. The largest absolute Gasteiger partial charge is 0.490 e. The lowest BCUT2D eigenvalue weighted by Crippen LogP contribution is -2.46. The molecular formula is C17H27BrClNO2. The Morgan fingerprint density at radius 2 is 1.86 bits per heavy atom. The van der Waals surface area contributed by atoms with E-state index in [-0.39, 0.29) is 17.9 Å². The van der Waals surface area contributed by atoms with Crippen LogP contribution in [0.1, 0.15) is 45.4 Å². The zero-order valence-electron chi connectivity index (χ0n) is 13.2. The van der Waals surface area contributed by atoms with Crippen LogP contribution in [0.15, 0.2) is 28.7 Å². The van der Waals surface area contributed by atoms with Gasteiger partial charge in [-0.25, -0.2) is 0 Å². The van der Waals surface area contributed by atoms with E-state index in [4.69, 9.17) is 4.74 Å². The summed E-state index contributed by atoms with van der Waals surface area (Å²) in [6.45, 7) is 3.17. The number of β-amino-alcohol motifs (C(OH)–C–C–N with tert-alkyl or cyclic N) is 1. The van der Waals surface area contributed by atoms with Crippen molar-refractivity contribution in [3.05, 3.63) is 28.7 Å². The van der Waals surface area contributed by atoms with Gasteiger partial charge in [0.2, 0.25) is 0 Å². The standard InChI is InChI=1S/C17H26BrNO2.ClH/c1-17(10-6-2-3-7-11-17)19-12-14(20)13-21-16-9-5-4-8-15(16)18;/h4-5,8-9,14,19-20H,2-3,6-7,10-13H2,1H3;1H. The van der Waals surface area contributed by atoms with Crippen LogP contribution < -0.4 is 10.1 Å². The van der Waals surface area contributed by atoms with Crippen LogP contribution >= 0.6 is 28.3 Å². The molecule has 22 heavy (non-hydrogen) atoms. The molecule has 0 amide bonds. The van der Waals surface area contributed by atoms with E-state index in [1.807, 2.05) is 24.3 Å². The van der Waals surface area contributed by atoms with Crippen molar-refractivity contribution in [2.24, 2.45) is 0 Å². The van der Waals surface area contributed by atoms with Crippen LogP contribution in [0.5, 0.6) is 5.75 Å². The van der Waals surface area contributed by atoms with Crippen LogP contribution in [0.3, 0.4) is 0 Å². The SMILES string of the molecule is CC1(NCC(O)COc2ccccc2Br)CCCCCC1.Cl. The van der Waals surface area contributed by atoms with E-state index in [2.05, 4.69) is 28.2 Å². The third-order valence-corrected chi connectivity index (χ3v) is 4.89. The molecule has 1 aliphatic carbocycles. The van der Waals surface area contributed by atoms with Gasteiger partial charge in [-0.1, -0.05) is 37.8 Å². The van der Waals surface area contributed by atoms with E-state index < -0.39 is 6.10 Å². The van der Waals surface area contributed by atoms with Gasteiger partial charge in [0, 0.05) is 12.1 Å². The summed E-state index contributed by atoms with van der Waals surface area (Å²) in [5.41, 5.74) is 0.171. The van der Waals surface area contributed by atoms with E-state index in [1.165, 1.54) is 38.5 Å². The summed E-state index contributed by atoms with van der Waals surface area (Å²) < 4.78 is 6.58. The summed E-state index contributed by atoms with van der Waals surface area (Å²) >= 11 is 3.44. The average Bonchev–Trinajstić information content (AvgIpc) is 2.70. The van der Waals surface area contributed by atoms with Crippen molar-refractivity contribution < 1.29 is 9.84 Å². The monoisotopic (exact) mass is 391 g/mol. The van der Waals surface area contributed by atoms with Gasteiger partial charge < -0.3 is 15.2 Å². The fourth-order valence-corrected chi connectivity index (χ4v) is 3.26. The van der Waals surface area contributed by atoms with Crippen molar-refractivity contribution in [1.82, 2.24) is 5.32 Å². The molecule has 1 saturated carbocycles. The molecule has 126 valence electrons. The van der Waals surface area contributed by atoms with Gasteiger partial charge in [0.1, 0.15) is 18.5 Å². The van der Waals surface area contributed by atoms with Crippen molar-refractivity contribution in [3.8, 4) is 5.75 Å². The molecule has 5 heteroatoms. The lowest BCUT2D eigenvalue weighted by molar-refractivity contribution is 0.0955. The fourth-order valence-electron chi connectivity index (χ4n) is 2.86. The Bertz CT molecular complexity index is 436. The van der Waals surface area contributed by atoms with Crippen LogP contribution in [0, 0.1) is 0 Å². The zero-order valence-corrected chi connectivity index (χ0v) is 15.6. The highest BCUT2D eigenvalue weighted by molar-refractivity contribution is 9.10. The summed E-state index contributed by atoms with van der Waals surface area (Å²) in [6, 6.07) is 7.71. The summed E-state index contributed by atoms with van der Waals surface area (Å²) in [7, 11) is 0. The van der Waals surface area contributed by atoms with Crippen LogP contribution in [-0.4, -0.2) is 29.9 Å². The highest BCUT2D eigenvalue weighted by Crippen LogP contribution is 2.26. The molecule has 0 aliphatic heterocycles. The second kappa shape index (κ2) is 9.76. The molecule has 1 unspecified atom stereocenters. The van der Waals surface area contributed by atoms with Crippen molar-refractivity contribution in [3.63, 3.8) is 0 Å². The minimum atomic E-state index is -0.489. The summed E-state index contributed by atoms with van der Waals surface area (Å²) in [5.74, 6) is 0.775. The predicted molar refractivity (Wildman–Crippen MR) is 97.0 cm³/mol. The Hall–Kier alpha value is -0.290. The lowest BCUT2D eigenvalue weighted by atomic mass is 9.92. The predicted octanol–water partition coefficient (Wildman–Crippen LogP) is 4.31. The van der Waals surface area contributed by atoms with Gasteiger partial charge in [0.25, 0.3) is 0 Å². The summed E-state index contributed by atoms with van der Waals surface area (Å²) in [6.07, 6.45) is 7.16. The number of rotatable bonds is 6. The molecule has 1 aromatic rings. The molecule has 1 aromatic carbocycles. The maximum Gasteiger partial charge on any atom is 0.133 e. The molecule has 0 bridgehead atoms. The molecule has 0 saturated heterocycles. The molecule has 3 nitrogen and oxygen atoms in total. The molecule has 0 spiro atoms. The number of para-hydroxylation sites is 1. The number of aliphatic hydroxyl groups is 1. The Morgan fingerprint density at radius 1 is 1.23 bits per heavy atom. The van der Waals surface area contributed by atoms with Crippen molar-refractivity contribution >= 4 is 28.3 Å². The summed E-state index contributed by atoms with van der Waals surface area (Å²) in [5, 5.41) is 13.7. The topological polar surface area (TPSA) is 41.5 Å². The number of halogens is 2. The first-order valence-corrected chi connectivity index (χ1v) is 8.69. The Labute approximate surface area is 148 Å². The van der Waals surface area contributed by atoms with E-state index in [9.17, 15) is 5.11 Å². The number of nitrogens with one attached hydrogen (secondary N) is 1. The molecule has 2 rings (SSSR count). The molecule has 1 aliphatic rings. The molecule has 2 N–H and O–H groups in total. The molecular weight excluding hydrogens is 366 g/mol. The molecule has 1 fully saturated rings. The van der Waals surface area contributed by atoms with E-state index in [0.29, 0.717) is 13.2 Å². The quantitative estimate of drug-likeness (QED) is 0.709. The summed E-state index contributed by atoms with van der Waals surface area (Å²) in [4.78, 5) is 0. The number of hydrogen-bond acceptors (Lipinski definition) is 3. The average molecular weight is 393 g/mol. The first-order valence-electron chi connectivity index (χ1n) is 7.89. The Balaban J connectivity index is 0.00000242. The van der Waals surface area contributed by atoms with E-state index in [0.717, 1.165) is 10.2 Å². The van der Waals surface area contributed by atoms with Gasteiger partial charge in [0.05, 0.1) is 4.47 Å². The minimum Gasteiger partial charge on any atom is -0.490 e. The third-order valence-electron chi connectivity index (χ3n) is 4.24.